The highest BCUT2D eigenvalue weighted by atomic mass is 35.5. The topological polar surface area (TPSA) is 41.1 Å². The second-order valence-electron chi connectivity index (χ2n) is 5.50. The molecule has 0 spiro atoms. The van der Waals surface area contributed by atoms with Crippen molar-refractivity contribution in [3.05, 3.63) is 60.2 Å². The monoisotopic (exact) mass is 316 g/mol. The minimum atomic E-state index is 0. The Morgan fingerprint density at radius 3 is 2.36 bits per heavy atom. The van der Waals surface area contributed by atoms with Crippen LogP contribution in [0.3, 0.4) is 0 Å². The van der Waals surface area contributed by atoms with Crippen molar-refractivity contribution in [3.8, 4) is 11.1 Å². The van der Waals surface area contributed by atoms with E-state index in [-0.39, 0.29) is 18.3 Å². The summed E-state index contributed by atoms with van der Waals surface area (Å²) >= 11 is 0. The summed E-state index contributed by atoms with van der Waals surface area (Å²) in [5.41, 5.74) is 3.43. The normalized spacial score (nSPS) is 16.8. The second-order valence-corrected chi connectivity index (χ2v) is 5.50. The minimum Gasteiger partial charge on any atom is -0.352 e. The van der Waals surface area contributed by atoms with E-state index in [1.54, 1.807) is 0 Å². The van der Waals surface area contributed by atoms with Gasteiger partial charge in [-0.05, 0) is 29.7 Å². The first-order valence-corrected chi connectivity index (χ1v) is 7.46. The average molecular weight is 317 g/mol. The fourth-order valence-electron chi connectivity index (χ4n) is 2.69. The quantitative estimate of drug-likeness (QED) is 0.910. The summed E-state index contributed by atoms with van der Waals surface area (Å²) in [5, 5.41) is 6.32. The van der Waals surface area contributed by atoms with Crippen molar-refractivity contribution in [2.45, 2.75) is 18.9 Å². The summed E-state index contributed by atoms with van der Waals surface area (Å²) in [4.78, 5) is 12.0. The van der Waals surface area contributed by atoms with Gasteiger partial charge in [-0.25, -0.2) is 0 Å². The van der Waals surface area contributed by atoms with Gasteiger partial charge in [-0.2, -0.15) is 0 Å². The van der Waals surface area contributed by atoms with Crippen LogP contribution in [0.25, 0.3) is 11.1 Å². The molecule has 0 saturated carbocycles. The molecule has 1 amide bonds. The average Bonchev–Trinajstić information content (AvgIpc) is 3.02. The standard InChI is InChI=1S/C18H20N2O.ClH/c21-18(20-17-10-11-19-13-17)12-14-6-8-16(9-7-14)15-4-2-1-3-5-15;/h1-9,17,19H,10-13H2,(H,20,21);1H. The molecule has 2 N–H and O–H groups in total. The fourth-order valence-corrected chi connectivity index (χ4v) is 2.69. The van der Waals surface area contributed by atoms with Gasteiger partial charge in [0.1, 0.15) is 0 Å². The van der Waals surface area contributed by atoms with Gasteiger partial charge in [-0.3, -0.25) is 4.79 Å². The van der Waals surface area contributed by atoms with Crippen LogP contribution in [-0.2, 0) is 11.2 Å². The van der Waals surface area contributed by atoms with Crippen molar-refractivity contribution in [3.63, 3.8) is 0 Å². The molecule has 116 valence electrons. The van der Waals surface area contributed by atoms with Crippen LogP contribution in [0.15, 0.2) is 54.6 Å². The molecule has 4 heteroatoms. The first kappa shape index (κ1) is 16.5. The predicted molar refractivity (Wildman–Crippen MR) is 92.2 cm³/mol. The summed E-state index contributed by atoms with van der Waals surface area (Å²) in [6.07, 6.45) is 1.48. The first-order chi connectivity index (χ1) is 10.3. The number of benzene rings is 2. The molecule has 1 saturated heterocycles. The molecule has 3 nitrogen and oxygen atoms in total. The maximum atomic E-state index is 12.0. The van der Waals surface area contributed by atoms with E-state index >= 15 is 0 Å². The van der Waals surface area contributed by atoms with Crippen molar-refractivity contribution < 1.29 is 4.79 Å². The molecule has 1 atom stereocenters. The molecule has 1 fully saturated rings. The number of rotatable bonds is 4. The number of hydrogen-bond acceptors (Lipinski definition) is 2. The van der Waals surface area contributed by atoms with Crippen LogP contribution in [0.5, 0.6) is 0 Å². The highest BCUT2D eigenvalue weighted by molar-refractivity contribution is 5.85. The first-order valence-electron chi connectivity index (χ1n) is 7.46. The van der Waals surface area contributed by atoms with Crippen molar-refractivity contribution in [1.29, 1.82) is 0 Å². The second kappa shape index (κ2) is 7.97. The Morgan fingerprint density at radius 2 is 1.73 bits per heavy atom. The maximum Gasteiger partial charge on any atom is 0.224 e. The Kier molecular flexibility index (Phi) is 5.99. The molecule has 2 aromatic rings. The van der Waals surface area contributed by atoms with Gasteiger partial charge in [0.2, 0.25) is 5.91 Å². The zero-order valence-corrected chi connectivity index (χ0v) is 13.2. The molecular weight excluding hydrogens is 296 g/mol. The number of carbonyl (C=O) groups excluding carboxylic acids is 1. The van der Waals surface area contributed by atoms with E-state index in [0.29, 0.717) is 12.5 Å². The van der Waals surface area contributed by atoms with Crippen LogP contribution < -0.4 is 10.6 Å². The zero-order valence-electron chi connectivity index (χ0n) is 12.4. The van der Waals surface area contributed by atoms with Crippen LogP contribution >= 0.6 is 12.4 Å². The van der Waals surface area contributed by atoms with E-state index in [1.165, 1.54) is 11.1 Å². The molecule has 1 aliphatic rings. The van der Waals surface area contributed by atoms with Gasteiger partial charge < -0.3 is 10.6 Å². The minimum absolute atomic E-state index is 0. The van der Waals surface area contributed by atoms with E-state index in [0.717, 1.165) is 25.1 Å². The van der Waals surface area contributed by atoms with E-state index in [9.17, 15) is 4.79 Å². The van der Waals surface area contributed by atoms with Crippen molar-refractivity contribution >= 4 is 18.3 Å². The molecule has 0 aliphatic carbocycles. The third-order valence-corrected chi connectivity index (χ3v) is 3.85. The van der Waals surface area contributed by atoms with Crippen LogP contribution in [-0.4, -0.2) is 25.0 Å². The van der Waals surface area contributed by atoms with Crippen LogP contribution in [0.2, 0.25) is 0 Å². The molecular formula is C18H21ClN2O. The molecule has 2 aromatic carbocycles. The Balaban J connectivity index is 0.00000176. The fraction of sp³-hybridized carbons (Fsp3) is 0.278. The largest absolute Gasteiger partial charge is 0.352 e. The number of nitrogens with one attached hydrogen (secondary N) is 2. The maximum absolute atomic E-state index is 12.0. The van der Waals surface area contributed by atoms with Crippen LogP contribution in [0.1, 0.15) is 12.0 Å². The van der Waals surface area contributed by atoms with Gasteiger partial charge >= 0.3 is 0 Å². The highest BCUT2D eigenvalue weighted by Crippen LogP contribution is 2.19. The molecule has 0 radical (unpaired) electrons. The third-order valence-electron chi connectivity index (χ3n) is 3.85. The molecule has 22 heavy (non-hydrogen) atoms. The summed E-state index contributed by atoms with van der Waals surface area (Å²) in [6, 6.07) is 18.8. The Labute approximate surface area is 137 Å². The Morgan fingerprint density at radius 1 is 1.05 bits per heavy atom. The van der Waals surface area contributed by atoms with E-state index in [1.807, 2.05) is 30.3 Å². The number of hydrogen-bond donors (Lipinski definition) is 2. The SMILES string of the molecule is Cl.O=C(Cc1ccc(-c2ccccc2)cc1)NC1CCNC1. The lowest BCUT2D eigenvalue weighted by atomic mass is 10.0. The summed E-state index contributed by atoms with van der Waals surface area (Å²) < 4.78 is 0. The molecule has 1 heterocycles. The van der Waals surface area contributed by atoms with Crippen LogP contribution in [0.4, 0.5) is 0 Å². The van der Waals surface area contributed by atoms with Gasteiger partial charge in [0.25, 0.3) is 0 Å². The van der Waals surface area contributed by atoms with Gasteiger partial charge in [-0.1, -0.05) is 54.6 Å². The van der Waals surface area contributed by atoms with Crippen molar-refractivity contribution in [2.75, 3.05) is 13.1 Å². The van der Waals surface area contributed by atoms with E-state index in [4.69, 9.17) is 0 Å². The lowest BCUT2D eigenvalue weighted by Crippen LogP contribution is -2.37. The van der Waals surface area contributed by atoms with Crippen molar-refractivity contribution in [1.82, 2.24) is 10.6 Å². The van der Waals surface area contributed by atoms with E-state index < -0.39 is 0 Å². The smallest absolute Gasteiger partial charge is 0.224 e. The molecule has 1 unspecified atom stereocenters. The zero-order chi connectivity index (χ0) is 14.5. The molecule has 0 bridgehead atoms. The van der Waals surface area contributed by atoms with Gasteiger partial charge in [-0.15, -0.1) is 12.4 Å². The van der Waals surface area contributed by atoms with Gasteiger partial charge in [0.15, 0.2) is 0 Å². The lowest BCUT2D eigenvalue weighted by molar-refractivity contribution is -0.121. The Bertz CT molecular complexity index is 592. The number of amides is 1. The predicted octanol–water partition coefficient (Wildman–Crippen LogP) is 2.80. The molecule has 3 rings (SSSR count). The molecule has 1 aliphatic heterocycles. The van der Waals surface area contributed by atoms with Gasteiger partial charge in [0.05, 0.1) is 6.42 Å². The summed E-state index contributed by atoms with van der Waals surface area (Å²) in [7, 11) is 0. The summed E-state index contributed by atoms with van der Waals surface area (Å²) in [5.74, 6) is 0.108. The van der Waals surface area contributed by atoms with Gasteiger partial charge in [0, 0.05) is 12.6 Å². The molecule has 0 aromatic heterocycles. The highest BCUT2D eigenvalue weighted by Gasteiger charge is 2.16. The third kappa shape index (κ3) is 4.33. The lowest BCUT2D eigenvalue weighted by Gasteiger charge is -2.11. The van der Waals surface area contributed by atoms with Crippen LogP contribution in [0, 0.1) is 0 Å². The van der Waals surface area contributed by atoms with Crippen molar-refractivity contribution in [2.24, 2.45) is 0 Å². The Hall–Kier alpha value is -1.84. The number of carbonyl (C=O) groups is 1. The van der Waals surface area contributed by atoms with E-state index in [2.05, 4.69) is 34.9 Å². The summed E-state index contributed by atoms with van der Waals surface area (Å²) in [6.45, 7) is 1.88. The number of halogens is 1.